The average molecular weight is 396 g/mol. The van der Waals surface area contributed by atoms with Gasteiger partial charge in [-0.15, -0.1) is 0 Å². The fourth-order valence-electron chi connectivity index (χ4n) is 3.89. The van der Waals surface area contributed by atoms with Gasteiger partial charge in [0.1, 0.15) is 0 Å². The van der Waals surface area contributed by atoms with E-state index in [2.05, 4.69) is 0 Å². The lowest BCUT2D eigenvalue weighted by molar-refractivity contribution is -0.136. The van der Waals surface area contributed by atoms with Gasteiger partial charge in [0.15, 0.2) is 0 Å². The Hall–Kier alpha value is -1.48. The Morgan fingerprint density at radius 1 is 1.30 bits per heavy atom. The van der Waals surface area contributed by atoms with Crippen LogP contribution in [0.3, 0.4) is 0 Å². The minimum Gasteiger partial charge on any atom is -0.383 e. The summed E-state index contributed by atoms with van der Waals surface area (Å²) in [6, 6.07) is 5.15. The molecule has 3 rings (SSSR count). The molecule has 150 valence electrons. The molecule has 0 aromatic heterocycles. The largest absolute Gasteiger partial charge is 0.383 e. The topological polar surface area (TPSA) is 92.9 Å². The van der Waals surface area contributed by atoms with Crippen LogP contribution in [0.4, 0.5) is 0 Å². The first-order valence-corrected chi connectivity index (χ1v) is 10.8. The Morgan fingerprint density at radius 3 is 2.70 bits per heavy atom. The molecule has 1 saturated heterocycles. The standard InChI is InChI=1S/C19H29N3O4S/c1-19(2,20)18(23)21-10-8-14-6-7-17(11-15(14)12-21)27(24,25)22-9-4-5-16(22)13-26-3/h6-7,11,16H,4-5,8-10,12-13,20H2,1-3H3/t16-/m1/s1. The van der Waals surface area contributed by atoms with Crippen LogP contribution in [-0.2, 0) is 32.5 Å². The van der Waals surface area contributed by atoms with Gasteiger partial charge in [0.2, 0.25) is 15.9 Å². The second-order valence-corrected chi connectivity index (χ2v) is 9.89. The predicted octanol–water partition coefficient (Wildman–Crippen LogP) is 1.11. The molecule has 27 heavy (non-hydrogen) atoms. The Balaban J connectivity index is 1.87. The van der Waals surface area contributed by atoms with Crippen LogP contribution < -0.4 is 5.73 Å². The fourth-order valence-corrected chi connectivity index (χ4v) is 5.62. The summed E-state index contributed by atoms with van der Waals surface area (Å²) in [6.07, 6.45) is 2.35. The minimum absolute atomic E-state index is 0.118. The molecule has 2 aliphatic heterocycles. The molecule has 0 bridgehead atoms. The molecule has 0 spiro atoms. The number of benzene rings is 1. The highest BCUT2D eigenvalue weighted by Crippen LogP contribution is 2.29. The van der Waals surface area contributed by atoms with Crippen molar-refractivity contribution in [2.24, 2.45) is 5.73 Å². The van der Waals surface area contributed by atoms with E-state index < -0.39 is 15.6 Å². The third-order valence-electron chi connectivity index (χ3n) is 5.32. The van der Waals surface area contributed by atoms with Crippen LogP contribution in [0.15, 0.2) is 23.1 Å². The Morgan fingerprint density at radius 2 is 2.04 bits per heavy atom. The molecule has 0 saturated carbocycles. The number of hydrogen-bond donors (Lipinski definition) is 1. The summed E-state index contributed by atoms with van der Waals surface area (Å²) < 4.78 is 33.0. The third-order valence-corrected chi connectivity index (χ3v) is 7.27. The van der Waals surface area contributed by atoms with Crippen LogP contribution in [-0.4, -0.2) is 61.9 Å². The summed E-state index contributed by atoms with van der Waals surface area (Å²) in [4.78, 5) is 14.5. The number of amides is 1. The summed E-state index contributed by atoms with van der Waals surface area (Å²) in [5.41, 5.74) is 6.97. The number of hydrogen-bond acceptors (Lipinski definition) is 5. The zero-order valence-corrected chi connectivity index (χ0v) is 17.1. The molecule has 1 atom stereocenters. The quantitative estimate of drug-likeness (QED) is 0.806. The summed E-state index contributed by atoms with van der Waals surface area (Å²) in [6.45, 7) is 5.28. The molecular weight excluding hydrogens is 366 g/mol. The van der Waals surface area contributed by atoms with Crippen molar-refractivity contribution in [3.8, 4) is 0 Å². The molecule has 1 aromatic rings. The van der Waals surface area contributed by atoms with Crippen LogP contribution >= 0.6 is 0 Å². The van der Waals surface area contributed by atoms with E-state index in [0.717, 1.165) is 24.0 Å². The summed E-state index contributed by atoms with van der Waals surface area (Å²) in [5, 5.41) is 0. The van der Waals surface area contributed by atoms with Crippen molar-refractivity contribution in [1.82, 2.24) is 9.21 Å². The smallest absolute Gasteiger partial charge is 0.243 e. The number of fused-ring (bicyclic) bond motifs is 1. The van der Waals surface area contributed by atoms with E-state index in [9.17, 15) is 13.2 Å². The zero-order valence-electron chi connectivity index (χ0n) is 16.3. The van der Waals surface area contributed by atoms with Gasteiger partial charge in [-0.2, -0.15) is 4.31 Å². The monoisotopic (exact) mass is 395 g/mol. The second kappa shape index (κ2) is 7.50. The summed E-state index contributed by atoms with van der Waals surface area (Å²) in [5.74, 6) is -0.124. The SMILES string of the molecule is COC[C@H]1CCCN1S(=O)(=O)c1ccc2c(c1)CN(C(=O)C(C)(C)N)CC2. The van der Waals surface area contributed by atoms with Crippen molar-refractivity contribution in [3.05, 3.63) is 29.3 Å². The van der Waals surface area contributed by atoms with Crippen LogP contribution in [0.2, 0.25) is 0 Å². The number of methoxy groups -OCH3 is 1. The Kier molecular flexibility index (Phi) is 5.63. The molecule has 1 fully saturated rings. The van der Waals surface area contributed by atoms with Crippen LogP contribution in [0.5, 0.6) is 0 Å². The molecular formula is C19H29N3O4S. The number of carbonyl (C=O) groups is 1. The van der Waals surface area contributed by atoms with E-state index in [1.54, 1.807) is 42.3 Å². The molecule has 0 radical (unpaired) electrons. The van der Waals surface area contributed by atoms with E-state index >= 15 is 0 Å². The zero-order chi connectivity index (χ0) is 19.8. The normalized spacial score (nSPS) is 21.3. The van der Waals surface area contributed by atoms with E-state index in [1.807, 2.05) is 6.07 Å². The van der Waals surface area contributed by atoms with Gasteiger partial charge in [0.05, 0.1) is 17.0 Å². The second-order valence-electron chi connectivity index (χ2n) is 8.00. The van der Waals surface area contributed by atoms with Gasteiger partial charge in [-0.3, -0.25) is 4.79 Å². The van der Waals surface area contributed by atoms with Crippen LogP contribution in [0.1, 0.15) is 37.8 Å². The maximum Gasteiger partial charge on any atom is 0.243 e. The third kappa shape index (κ3) is 4.03. The summed E-state index contributed by atoms with van der Waals surface area (Å²) >= 11 is 0. The number of sulfonamides is 1. The van der Waals surface area contributed by atoms with E-state index in [4.69, 9.17) is 10.5 Å². The first-order chi connectivity index (χ1) is 12.6. The maximum absolute atomic E-state index is 13.1. The molecule has 1 aromatic carbocycles. The van der Waals surface area contributed by atoms with Crippen molar-refractivity contribution >= 4 is 15.9 Å². The lowest BCUT2D eigenvalue weighted by Crippen LogP contribution is -2.52. The molecule has 0 aliphatic carbocycles. The number of rotatable bonds is 5. The van der Waals surface area contributed by atoms with E-state index in [-0.39, 0.29) is 16.8 Å². The molecule has 2 heterocycles. The Labute approximate surface area is 161 Å². The molecule has 2 N–H and O–H groups in total. The number of nitrogens with two attached hydrogens (primary N) is 1. The van der Waals surface area contributed by atoms with E-state index in [1.165, 1.54) is 0 Å². The maximum atomic E-state index is 13.1. The van der Waals surface area contributed by atoms with Gasteiger partial charge < -0.3 is 15.4 Å². The average Bonchev–Trinajstić information content (AvgIpc) is 3.09. The molecule has 2 aliphatic rings. The van der Waals surface area contributed by atoms with Gasteiger partial charge in [-0.25, -0.2) is 8.42 Å². The minimum atomic E-state index is -3.58. The van der Waals surface area contributed by atoms with Gasteiger partial charge in [-0.1, -0.05) is 6.07 Å². The van der Waals surface area contributed by atoms with E-state index in [0.29, 0.717) is 32.7 Å². The summed E-state index contributed by atoms with van der Waals surface area (Å²) in [7, 11) is -1.99. The van der Waals surface area contributed by atoms with Crippen molar-refractivity contribution < 1.29 is 17.9 Å². The van der Waals surface area contributed by atoms with Crippen molar-refractivity contribution in [2.75, 3.05) is 26.8 Å². The van der Waals surface area contributed by atoms with Crippen LogP contribution in [0, 0.1) is 0 Å². The van der Waals surface area contributed by atoms with Gasteiger partial charge >= 0.3 is 0 Å². The molecule has 0 unspecified atom stereocenters. The predicted molar refractivity (Wildman–Crippen MR) is 103 cm³/mol. The molecule has 8 heteroatoms. The molecule has 1 amide bonds. The number of ether oxygens (including phenoxy) is 1. The Bertz CT molecular complexity index is 817. The first kappa shape index (κ1) is 20.3. The highest BCUT2D eigenvalue weighted by molar-refractivity contribution is 7.89. The number of nitrogens with zero attached hydrogens (tertiary/aromatic N) is 2. The van der Waals surface area contributed by atoms with Crippen molar-refractivity contribution in [1.29, 1.82) is 0 Å². The fraction of sp³-hybridized carbons (Fsp3) is 0.632. The van der Waals surface area contributed by atoms with Crippen molar-refractivity contribution in [3.63, 3.8) is 0 Å². The van der Waals surface area contributed by atoms with Gasteiger partial charge in [-0.05, 0) is 56.4 Å². The first-order valence-electron chi connectivity index (χ1n) is 9.35. The van der Waals surface area contributed by atoms with Gasteiger partial charge in [0.25, 0.3) is 0 Å². The highest BCUT2D eigenvalue weighted by atomic mass is 32.2. The lowest BCUT2D eigenvalue weighted by Gasteiger charge is -2.33. The lowest BCUT2D eigenvalue weighted by atomic mass is 9.97. The van der Waals surface area contributed by atoms with Crippen molar-refractivity contribution in [2.45, 2.75) is 56.1 Å². The van der Waals surface area contributed by atoms with Gasteiger partial charge in [0, 0.05) is 32.8 Å². The number of carbonyl (C=O) groups excluding carboxylic acids is 1. The highest BCUT2D eigenvalue weighted by Gasteiger charge is 2.36. The molecule has 7 nitrogen and oxygen atoms in total. The van der Waals surface area contributed by atoms with Crippen LogP contribution in [0.25, 0.3) is 0 Å².